The molecular formula is C19H17FN2O3S. The Morgan fingerprint density at radius 3 is 2.35 bits per heavy atom. The summed E-state index contributed by atoms with van der Waals surface area (Å²) in [5, 5.41) is 4.56. The summed E-state index contributed by atoms with van der Waals surface area (Å²) in [5.41, 5.74) is 0.598. The SMILES string of the molecule is CC(NS(=O)(=O)c1ccc(F)cc1)C(=O)Nc1cccc2ccccc12. The summed E-state index contributed by atoms with van der Waals surface area (Å²) >= 11 is 0. The van der Waals surface area contributed by atoms with E-state index in [1.165, 1.54) is 6.92 Å². The van der Waals surface area contributed by atoms with Crippen LogP contribution in [0.3, 0.4) is 0 Å². The summed E-state index contributed by atoms with van der Waals surface area (Å²) in [5.74, 6) is -1.03. The van der Waals surface area contributed by atoms with Crippen molar-refractivity contribution in [2.45, 2.75) is 17.9 Å². The average molecular weight is 372 g/mol. The minimum Gasteiger partial charge on any atom is -0.324 e. The number of anilines is 1. The van der Waals surface area contributed by atoms with E-state index in [-0.39, 0.29) is 4.90 Å². The fourth-order valence-electron chi connectivity index (χ4n) is 2.54. The summed E-state index contributed by atoms with van der Waals surface area (Å²) < 4.78 is 39.9. The molecule has 7 heteroatoms. The zero-order valence-electron chi connectivity index (χ0n) is 13.9. The van der Waals surface area contributed by atoms with Crippen LogP contribution in [0.25, 0.3) is 10.8 Å². The third-order valence-corrected chi connectivity index (χ3v) is 5.45. The molecule has 1 unspecified atom stereocenters. The molecule has 134 valence electrons. The lowest BCUT2D eigenvalue weighted by atomic mass is 10.1. The number of carbonyl (C=O) groups is 1. The molecule has 1 amide bonds. The van der Waals surface area contributed by atoms with Crippen molar-refractivity contribution in [3.63, 3.8) is 0 Å². The van der Waals surface area contributed by atoms with Gasteiger partial charge in [-0.25, -0.2) is 12.8 Å². The first kappa shape index (κ1) is 18.0. The number of halogens is 1. The van der Waals surface area contributed by atoms with E-state index in [1.807, 2.05) is 36.4 Å². The molecule has 3 aromatic rings. The lowest BCUT2D eigenvalue weighted by Gasteiger charge is -2.15. The van der Waals surface area contributed by atoms with Gasteiger partial charge < -0.3 is 5.32 Å². The van der Waals surface area contributed by atoms with E-state index >= 15 is 0 Å². The van der Waals surface area contributed by atoms with Crippen molar-refractivity contribution < 1.29 is 17.6 Å². The molecule has 1 atom stereocenters. The topological polar surface area (TPSA) is 75.3 Å². The van der Waals surface area contributed by atoms with Gasteiger partial charge in [0.1, 0.15) is 5.82 Å². The first-order chi connectivity index (χ1) is 12.4. The Morgan fingerprint density at radius 1 is 0.962 bits per heavy atom. The third-order valence-electron chi connectivity index (χ3n) is 3.90. The summed E-state index contributed by atoms with van der Waals surface area (Å²) in [7, 11) is -3.93. The standard InChI is InChI=1S/C19H17FN2O3S/c1-13(22-26(24,25)16-11-9-15(20)10-12-16)19(23)21-18-8-4-6-14-5-2-3-7-17(14)18/h2-13,22H,1H3,(H,21,23). The molecule has 3 aromatic carbocycles. The number of carbonyl (C=O) groups excluding carboxylic acids is 1. The molecule has 0 aliphatic rings. The van der Waals surface area contributed by atoms with Crippen LogP contribution in [0.5, 0.6) is 0 Å². The number of fused-ring (bicyclic) bond motifs is 1. The maximum atomic E-state index is 13.0. The number of nitrogens with one attached hydrogen (secondary N) is 2. The average Bonchev–Trinajstić information content (AvgIpc) is 2.62. The van der Waals surface area contributed by atoms with Gasteiger partial charge in [0.25, 0.3) is 0 Å². The quantitative estimate of drug-likeness (QED) is 0.722. The molecule has 0 heterocycles. The Kier molecular flexibility index (Phi) is 5.01. The van der Waals surface area contributed by atoms with E-state index in [0.29, 0.717) is 5.69 Å². The van der Waals surface area contributed by atoms with Gasteiger partial charge in [0.15, 0.2) is 0 Å². The van der Waals surface area contributed by atoms with Gasteiger partial charge in [0, 0.05) is 11.1 Å². The highest BCUT2D eigenvalue weighted by molar-refractivity contribution is 7.89. The van der Waals surface area contributed by atoms with Crippen LogP contribution < -0.4 is 10.0 Å². The summed E-state index contributed by atoms with van der Waals surface area (Å²) in [6, 6.07) is 16.4. The number of hydrogen-bond donors (Lipinski definition) is 2. The smallest absolute Gasteiger partial charge is 0.242 e. The number of rotatable bonds is 5. The van der Waals surface area contributed by atoms with E-state index in [9.17, 15) is 17.6 Å². The highest BCUT2D eigenvalue weighted by Crippen LogP contribution is 2.23. The van der Waals surface area contributed by atoms with Gasteiger partial charge in [-0.2, -0.15) is 4.72 Å². The van der Waals surface area contributed by atoms with Crippen LogP contribution in [0.2, 0.25) is 0 Å². The van der Waals surface area contributed by atoms with Crippen molar-refractivity contribution in [2.75, 3.05) is 5.32 Å². The fraction of sp³-hybridized carbons (Fsp3) is 0.105. The van der Waals surface area contributed by atoms with Crippen molar-refractivity contribution in [1.82, 2.24) is 4.72 Å². The Hall–Kier alpha value is -2.77. The number of hydrogen-bond acceptors (Lipinski definition) is 3. The minimum absolute atomic E-state index is 0.108. The molecule has 0 aromatic heterocycles. The van der Waals surface area contributed by atoms with Crippen molar-refractivity contribution in [2.24, 2.45) is 0 Å². The summed E-state index contributed by atoms with van der Waals surface area (Å²) in [4.78, 5) is 12.3. The second kappa shape index (κ2) is 7.23. The lowest BCUT2D eigenvalue weighted by molar-refractivity contribution is -0.117. The second-order valence-corrected chi connectivity index (χ2v) is 7.53. The molecule has 0 spiro atoms. The zero-order chi connectivity index (χ0) is 18.7. The van der Waals surface area contributed by atoms with Crippen LogP contribution in [0, 0.1) is 5.82 Å². The second-order valence-electron chi connectivity index (χ2n) is 5.81. The van der Waals surface area contributed by atoms with Gasteiger partial charge in [0.05, 0.1) is 10.9 Å². The summed E-state index contributed by atoms with van der Waals surface area (Å²) in [6.45, 7) is 1.45. The Balaban J connectivity index is 1.76. The minimum atomic E-state index is -3.93. The number of amides is 1. The summed E-state index contributed by atoms with van der Waals surface area (Å²) in [6.07, 6.45) is 0. The fourth-order valence-corrected chi connectivity index (χ4v) is 3.75. The Bertz CT molecular complexity index is 1040. The maximum Gasteiger partial charge on any atom is 0.242 e. The molecule has 3 rings (SSSR count). The van der Waals surface area contributed by atoms with Gasteiger partial charge in [0.2, 0.25) is 15.9 Å². The van der Waals surface area contributed by atoms with Crippen LogP contribution >= 0.6 is 0 Å². The van der Waals surface area contributed by atoms with Gasteiger partial charge in [-0.1, -0.05) is 36.4 Å². The Morgan fingerprint density at radius 2 is 1.62 bits per heavy atom. The lowest BCUT2D eigenvalue weighted by Crippen LogP contribution is -2.41. The molecule has 0 saturated carbocycles. The monoisotopic (exact) mass is 372 g/mol. The molecule has 0 aliphatic carbocycles. The predicted octanol–water partition coefficient (Wildman–Crippen LogP) is 3.28. The van der Waals surface area contributed by atoms with Crippen LogP contribution in [0.1, 0.15) is 6.92 Å². The first-order valence-corrected chi connectivity index (χ1v) is 9.42. The van der Waals surface area contributed by atoms with Gasteiger partial charge in [-0.15, -0.1) is 0 Å². The molecule has 2 N–H and O–H groups in total. The van der Waals surface area contributed by atoms with Gasteiger partial charge in [-0.3, -0.25) is 4.79 Å². The van der Waals surface area contributed by atoms with Gasteiger partial charge >= 0.3 is 0 Å². The molecule has 0 aliphatic heterocycles. The molecule has 26 heavy (non-hydrogen) atoms. The molecule has 0 bridgehead atoms. The van der Waals surface area contributed by atoms with Crippen molar-refractivity contribution in [3.8, 4) is 0 Å². The van der Waals surface area contributed by atoms with E-state index in [0.717, 1.165) is 35.0 Å². The predicted molar refractivity (Wildman–Crippen MR) is 98.8 cm³/mol. The normalized spacial score (nSPS) is 12.7. The highest BCUT2D eigenvalue weighted by atomic mass is 32.2. The van der Waals surface area contributed by atoms with Crippen molar-refractivity contribution in [3.05, 3.63) is 72.5 Å². The third kappa shape index (κ3) is 3.89. The molecule has 5 nitrogen and oxygen atoms in total. The van der Waals surface area contributed by atoms with Crippen LogP contribution in [-0.2, 0) is 14.8 Å². The van der Waals surface area contributed by atoms with Crippen LogP contribution in [-0.4, -0.2) is 20.4 Å². The van der Waals surface area contributed by atoms with Crippen LogP contribution in [0.15, 0.2) is 71.6 Å². The molecule has 0 radical (unpaired) electrons. The highest BCUT2D eigenvalue weighted by Gasteiger charge is 2.22. The largest absolute Gasteiger partial charge is 0.324 e. The molecular weight excluding hydrogens is 355 g/mol. The maximum absolute atomic E-state index is 13.0. The number of benzene rings is 3. The first-order valence-electron chi connectivity index (χ1n) is 7.93. The van der Waals surface area contributed by atoms with E-state index in [2.05, 4.69) is 10.0 Å². The van der Waals surface area contributed by atoms with E-state index < -0.39 is 27.8 Å². The van der Waals surface area contributed by atoms with E-state index in [1.54, 1.807) is 6.07 Å². The van der Waals surface area contributed by atoms with Crippen molar-refractivity contribution >= 4 is 32.4 Å². The van der Waals surface area contributed by atoms with Gasteiger partial charge in [-0.05, 0) is 42.6 Å². The molecule has 0 fully saturated rings. The van der Waals surface area contributed by atoms with Crippen LogP contribution in [0.4, 0.5) is 10.1 Å². The van der Waals surface area contributed by atoms with Crippen molar-refractivity contribution in [1.29, 1.82) is 0 Å². The molecule has 0 saturated heterocycles. The zero-order valence-corrected chi connectivity index (χ0v) is 14.8. The van der Waals surface area contributed by atoms with E-state index in [4.69, 9.17) is 0 Å². The number of sulfonamides is 1. The Labute approximate surface area is 150 Å².